The van der Waals surface area contributed by atoms with Gasteiger partial charge in [-0.25, -0.2) is 14.1 Å². The number of rotatable bonds is 6. The zero-order chi connectivity index (χ0) is 15.2. The molecule has 0 spiro atoms. The third-order valence-electron chi connectivity index (χ3n) is 2.91. The molecule has 2 rings (SSSR count). The van der Waals surface area contributed by atoms with Crippen LogP contribution in [0.5, 0.6) is 0 Å². The van der Waals surface area contributed by atoms with E-state index in [1.54, 1.807) is 6.07 Å². The van der Waals surface area contributed by atoms with Crippen LogP contribution >= 0.6 is 0 Å². The number of aromatic nitrogens is 3. The number of nitrogens with two attached hydrogens (primary N) is 1. The van der Waals surface area contributed by atoms with Crippen molar-refractivity contribution >= 4 is 11.6 Å². The van der Waals surface area contributed by atoms with E-state index in [2.05, 4.69) is 15.4 Å². The second-order valence-electron chi connectivity index (χ2n) is 4.35. The minimum atomic E-state index is -0.514. The molecule has 1 heterocycles. The van der Waals surface area contributed by atoms with E-state index in [-0.39, 0.29) is 30.7 Å². The summed E-state index contributed by atoms with van der Waals surface area (Å²) in [6, 6.07) is 4.32. The number of nitrogens with one attached hydrogen (secondary N) is 1. The summed E-state index contributed by atoms with van der Waals surface area (Å²) in [7, 11) is 1.48. The van der Waals surface area contributed by atoms with Crippen molar-refractivity contribution in [3.05, 3.63) is 36.7 Å². The minimum Gasteiger partial charge on any atom is -0.380 e. The molecular formula is C13H16FN5O2. The van der Waals surface area contributed by atoms with Gasteiger partial charge in [-0.05, 0) is 18.2 Å². The number of carbonyl (C=O) groups is 1. The fourth-order valence-electron chi connectivity index (χ4n) is 1.78. The maximum absolute atomic E-state index is 14.0. The Morgan fingerprint density at radius 1 is 1.57 bits per heavy atom. The van der Waals surface area contributed by atoms with E-state index in [1.165, 1.54) is 36.6 Å². The highest BCUT2D eigenvalue weighted by atomic mass is 19.1. The molecule has 1 unspecified atom stereocenters. The van der Waals surface area contributed by atoms with Gasteiger partial charge in [-0.3, -0.25) is 4.79 Å². The van der Waals surface area contributed by atoms with E-state index >= 15 is 0 Å². The lowest BCUT2D eigenvalue weighted by Gasteiger charge is -2.13. The summed E-state index contributed by atoms with van der Waals surface area (Å²) in [6.45, 7) is 0.240. The second-order valence-corrected chi connectivity index (χ2v) is 4.35. The smallest absolute Gasteiger partial charge is 0.227 e. The molecule has 1 aromatic heterocycles. The van der Waals surface area contributed by atoms with Crippen LogP contribution in [0.4, 0.5) is 10.1 Å². The van der Waals surface area contributed by atoms with Crippen LogP contribution in [0.15, 0.2) is 30.9 Å². The van der Waals surface area contributed by atoms with E-state index in [0.29, 0.717) is 5.69 Å². The summed E-state index contributed by atoms with van der Waals surface area (Å²) >= 11 is 0. The first-order valence-corrected chi connectivity index (χ1v) is 6.31. The summed E-state index contributed by atoms with van der Waals surface area (Å²) in [4.78, 5) is 15.5. The zero-order valence-electron chi connectivity index (χ0n) is 11.5. The third kappa shape index (κ3) is 3.83. The SMILES string of the molecule is COC(CN)CC(=O)Nc1ccc(-n2cncn2)c(F)c1. The van der Waals surface area contributed by atoms with Crippen molar-refractivity contribution in [2.45, 2.75) is 12.5 Å². The molecule has 0 radical (unpaired) electrons. The quantitative estimate of drug-likeness (QED) is 0.818. The molecular weight excluding hydrogens is 277 g/mol. The molecule has 3 N–H and O–H groups in total. The number of ether oxygens (including phenoxy) is 1. The average molecular weight is 293 g/mol. The number of hydrogen-bond acceptors (Lipinski definition) is 5. The third-order valence-corrected chi connectivity index (χ3v) is 2.91. The van der Waals surface area contributed by atoms with Crippen LogP contribution < -0.4 is 11.1 Å². The molecule has 7 nitrogen and oxygen atoms in total. The van der Waals surface area contributed by atoms with Crippen molar-refractivity contribution in [2.24, 2.45) is 5.73 Å². The normalized spacial score (nSPS) is 12.1. The summed E-state index contributed by atoms with van der Waals surface area (Å²) in [5.41, 5.74) is 6.05. The maximum atomic E-state index is 14.0. The lowest BCUT2D eigenvalue weighted by molar-refractivity contribution is -0.118. The number of nitrogens with zero attached hydrogens (tertiary/aromatic N) is 3. The minimum absolute atomic E-state index is 0.111. The van der Waals surface area contributed by atoms with E-state index in [4.69, 9.17) is 10.5 Å². The van der Waals surface area contributed by atoms with Gasteiger partial charge in [0, 0.05) is 19.3 Å². The monoisotopic (exact) mass is 293 g/mol. The van der Waals surface area contributed by atoms with Crippen molar-refractivity contribution in [3.8, 4) is 5.69 Å². The van der Waals surface area contributed by atoms with Crippen LogP contribution in [0.1, 0.15) is 6.42 Å². The van der Waals surface area contributed by atoms with Crippen LogP contribution in [0, 0.1) is 5.82 Å². The molecule has 0 aliphatic heterocycles. The fraction of sp³-hybridized carbons (Fsp3) is 0.308. The molecule has 0 aliphatic carbocycles. The van der Waals surface area contributed by atoms with Gasteiger partial charge in [0.1, 0.15) is 18.3 Å². The lowest BCUT2D eigenvalue weighted by atomic mass is 10.2. The maximum Gasteiger partial charge on any atom is 0.227 e. The highest BCUT2D eigenvalue weighted by molar-refractivity contribution is 5.91. The number of methoxy groups -OCH3 is 1. The first kappa shape index (κ1) is 15.1. The molecule has 8 heteroatoms. The molecule has 1 aromatic carbocycles. The van der Waals surface area contributed by atoms with Gasteiger partial charge in [0.05, 0.1) is 12.5 Å². The van der Waals surface area contributed by atoms with Gasteiger partial charge in [-0.2, -0.15) is 5.10 Å². The highest BCUT2D eigenvalue weighted by Gasteiger charge is 2.13. The van der Waals surface area contributed by atoms with E-state index < -0.39 is 5.82 Å². The standard InChI is InChI=1S/C13H16FN5O2/c1-21-10(6-15)5-13(20)18-9-2-3-12(11(14)4-9)19-8-16-7-17-19/h2-4,7-8,10H,5-6,15H2,1H3,(H,18,20). The molecule has 2 aromatic rings. The lowest BCUT2D eigenvalue weighted by Crippen LogP contribution is -2.28. The Balaban J connectivity index is 2.05. The zero-order valence-corrected chi connectivity index (χ0v) is 11.5. The summed E-state index contributed by atoms with van der Waals surface area (Å²) in [6.07, 6.45) is 2.46. The Morgan fingerprint density at radius 3 is 2.95 bits per heavy atom. The van der Waals surface area contributed by atoms with Crippen LogP contribution in [0.25, 0.3) is 5.69 Å². The van der Waals surface area contributed by atoms with E-state index in [1.807, 2.05) is 0 Å². The van der Waals surface area contributed by atoms with Crippen LogP contribution in [0.2, 0.25) is 0 Å². The number of carbonyl (C=O) groups excluding carboxylic acids is 1. The Bertz CT molecular complexity index is 599. The number of halogens is 1. The molecule has 0 aliphatic rings. The molecule has 0 saturated heterocycles. The first-order chi connectivity index (χ1) is 10.1. The van der Waals surface area contributed by atoms with Crippen molar-refractivity contribution in [2.75, 3.05) is 19.0 Å². The van der Waals surface area contributed by atoms with Gasteiger partial charge in [0.2, 0.25) is 5.91 Å². The Morgan fingerprint density at radius 2 is 2.38 bits per heavy atom. The summed E-state index contributed by atoms with van der Waals surface area (Å²) < 4.78 is 20.3. The number of benzene rings is 1. The fourth-order valence-corrected chi connectivity index (χ4v) is 1.78. The molecule has 21 heavy (non-hydrogen) atoms. The molecule has 0 saturated carbocycles. The molecule has 0 fully saturated rings. The van der Waals surface area contributed by atoms with Gasteiger partial charge in [-0.1, -0.05) is 0 Å². The summed E-state index contributed by atoms with van der Waals surface area (Å²) in [5, 5.41) is 6.44. The van der Waals surface area contributed by atoms with Crippen LogP contribution in [-0.4, -0.2) is 40.4 Å². The molecule has 112 valence electrons. The number of hydrogen-bond donors (Lipinski definition) is 2. The summed E-state index contributed by atoms with van der Waals surface area (Å²) in [5.74, 6) is -0.805. The molecule has 1 amide bonds. The second kappa shape index (κ2) is 6.91. The van der Waals surface area contributed by atoms with Crippen molar-refractivity contribution in [1.29, 1.82) is 0 Å². The largest absolute Gasteiger partial charge is 0.380 e. The topological polar surface area (TPSA) is 95.1 Å². The van der Waals surface area contributed by atoms with Gasteiger partial charge >= 0.3 is 0 Å². The number of anilines is 1. The highest BCUT2D eigenvalue weighted by Crippen LogP contribution is 2.17. The van der Waals surface area contributed by atoms with E-state index in [9.17, 15) is 9.18 Å². The van der Waals surface area contributed by atoms with Crippen molar-refractivity contribution < 1.29 is 13.9 Å². The van der Waals surface area contributed by atoms with Gasteiger partial charge in [-0.15, -0.1) is 0 Å². The predicted molar refractivity (Wildman–Crippen MR) is 74.4 cm³/mol. The van der Waals surface area contributed by atoms with Crippen molar-refractivity contribution in [1.82, 2.24) is 14.8 Å². The Labute approximate surface area is 120 Å². The first-order valence-electron chi connectivity index (χ1n) is 6.31. The van der Waals surface area contributed by atoms with E-state index in [0.717, 1.165) is 0 Å². The van der Waals surface area contributed by atoms with Gasteiger partial charge < -0.3 is 15.8 Å². The number of amides is 1. The Kier molecular flexibility index (Phi) is 4.96. The van der Waals surface area contributed by atoms with Crippen LogP contribution in [-0.2, 0) is 9.53 Å². The van der Waals surface area contributed by atoms with Gasteiger partial charge in [0.25, 0.3) is 0 Å². The molecule has 1 atom stereocenters. The molecule has 0 bridgehead atoms. The van der Waals surface area contributed by atoms with Crippen LogP contribution in [0.3, 0.4) is 0 Å². The average Bonchev–Trinajstić information content (AvgIpc) is 2.98. The predicted octanol–water partition coefficient (Wildman–Crippen LogP) is 0.709. The van der Waals surface area contributed by atoms with Gasteiger partial charge in [0.15, 0.2) is 5.82 Å². The van der Waals surface area contributed by atoms with Crippen molar-refractivity contribution in [3.63, 3.8) is 0 Å². The Hall–Kier alpha value is -2.32.